The first kappa shape index (κ1) is 72.2. The van der Waals surface area contributed by atoms with Crippen LogP contribution in [0.5, 0.6) is 0 Å². The summed E-state index contributed by atoms with van der Waals surface area (Å²) >= 11 is 3.87. The maximum atomic E-state index is 6.56. The van der Waals surface area contributed by atoms with Crippen molar-refractivity contribution in [1.82, 2.24) is 0 Å². The zero-order chi connectivity index (χ0) is 82.8. The number of rotatable bonds is 11. The summed E-state index contributed by atoms with van der Waals surface area (Å²) in [5.74, 6) is 0. The van der Waals surface area contributed by atoms with Crippen molar-refractivity contribution in [2.24, 2.45) is 0 Å². The molecule has 27 rings (SSSR count). The highest BCUT2D eigenvalue weighted by molar-refractivity contribution is 7.23. The number of thiophene rings is 2. The first-order valence-electron chi connectivity index (χ1n) is 43.5. The monoisotopic (exact) mass is 1640 g/mol. The van der Waals surface area contributed by atoms with Gasteiger partial charge in [-0.15, -0.1) is 22.7 Å². The molecule has 0 radical (unpaired) electrons. The Bertz CT molecular complexity index is 8110. The van der Waals surface area contributed by atoms with Crippen LogP contribution in [-0.2, 0) is 16.2 Å². The average Bonchev–Trinajstić information content (AvgIpc) is 1.50. The molecule has 0 N–H and O–H groups in total. The van der Waals surface area contributed by atoms with Crippen molar-refractivity contribution in [2.75, 3.05) is 9.80 Å². The maximum absolute atomic E-state index is 6.56. The number of fused-ring (bicyclic) bond motifs is 30. The highest BCUT2D eigenvalue weighted by atomic mass is 32.1. The Morgan fingerprint density at radius 3 is 1.19 bits per heavy atom. The van der Waals surface area contributed by atoms with Gasteiger partial charge in [-0.3, -0.25) is 0 Å². The fourth-order valence-corrected chi connectivity index (χ4v) is 25.2. The SMILES string of the molecule is c1ccc(-c2ccc(N(c3ccc(-c4ccc5c(c4)-c4ccccc4C54c5ccccc5-c5sc6ccccc6c54)cc3)c3ccc4c(c3)C(c3ccccc3)(c3ccccc3)c3ccccc3-4)cc2)cc1.c1ccc(N(c2ccc(-c3cccc4c3-c3ccccc3C43c4ccccc4-c4sc5ccccc5c43)cc2)c2cccc3c2oc2ccccc23)cc1. The van der Waals surface area contributed by atoms with Crippen molar-refractivity contribution in [3.63, 3.8) is 0 Å². The normalized spacial score (nSPS) is 15.1. The van der Waals surface area contributed by atoms with E-state index < -0.39 is 5.41 Å². The van der Waals surface area contributed by atoms with E-state index >= 15 is 0 Å². The molecule has 5 heteroatoms. The van der Waals surface area contributed by atoms with E-state index in [1.54, 1.807) is 0 Å². The molecule has 2 unspecified atom stereocenters. The van der Waals surface area contributed by atoms with E-state index in [1.165, 1.54) is 175 Å². The van der Waals surface area contributed by atoms with Crippen LogP contribution in [0.15, 0.2) is 465 Å². The van der Waals surface area contributed by atoms with Gasteiger partial charge in [0.25, 0.3) is 0 Å². The molecule has 588 valence electrons. The van der Waals surface area contributed by atoms with Crippen LogP contribution in [0.2, 0.25) is 0 Å². The third-order valence-corrected chi connectivity index (χ3v) is 30.1. The summed E-state index contributed by atoms with van der Waals surface area (Å²) < 4.78 is 9.25. The van der Waals surface area contributed by atoms with Gasteiger partial charge in [0.05, 0.1) is 21.9 Å². The van der Waals surface area contributed by atoms with E-state index in [1.807, 2.05) is 34.8 Å². The van der Waals surface area contributed by atoms with Crippen LogP contribution in [0, 0.1) is 0 Å². The average molecular weight is 1640 g/mol. The molecule has 22 aromatic rings. The third kappa shape index (κ3) is 10.3. The van der Waals surface area contributed by atoms with Crippen LogP contribution < -0.4 is 9.80 Å². The molecule has 0 bridgehead atoms. The molecule has 5 aliphatic rings. The van der Waals surface area contributed by atoms with Gasteiger partial charge >= 0.3 is 0 Å². The fourth-order valence-electron chi connectivity index (χ4n) is 22.6. The van der Waals surface area contributed by atoms with Crippen LogP contribution in [0.4, 0.5) is 34.1 Å². The van der Waals surface area contributed by atoms with Crippen molar-refractivity contribution in [1.29, 1.82) is 0 Å². The Hall–Kier alpha value is -15.5. The van der Waals surface area contributed by atoms with E-state index in [0.29, 0.717) is 0 Å². The van der Waals surface area contributed by atoms with E-state index in [4.69, 9.17) is 4.42 Å². The lowest BCUT2D eigenvalue weighted by Crippen LogP contribution is -2.28. The van der Waals surface area contributed by atoms with Gasteiger partial charge in [0.2, 0.25) is 0 Å². The second kappa shape index (κ2) is 28.3. The summed E-state index contributed by atoms with van der Waals surface area (Å²) in [4.78, 5) is 7.54. The van der Waals surface area contributed by atoms with Gasteiger partial charge in [0, 0.05) is 58.4 Å². The first-order chi connectivity index (χ1) is 62.5. The highest BCUT2D eigenvalue weighted by Crippen LogP contribution is 2.69. The van der Waals surface area contributed by atoms with E-state index in [2.05, 4.69) is 459 Å². The van der Waals surface area contributed by atoms with Crippen molar-refractivity contribution in [2.45, 2.75) is 16.2 Å². The Labute approximate surface area is 739 Å². The molecule has 2 spiro atoms. The quantitative estimate of drug-likeness (QED) is 0.129. The third-order valence-electron chi connectivity index (χ3n) is 27.7. The molecule has 19 aromatic carbocycles. The van der Waals surface area contributed by atoms with Gasteiger partial charge in [0.15, 0.2) is 5.58 Å². The Balaban J connectivity index is 0.000000140. The Kier molecular flexibility index (Phi) is 16.2. The Morgan fingerprint density at radius 2 is 0.587 bits per heavy atom. The van der Waals surface area contributed by atoms with Crippen LogP contribution in [-0.4, -0.2) is 0 Å². The molecule has 0 saturated heterocycles. The first-order valence-corrected chi connectivity index (χ1v) is 45.1. The number of benzene rings is 19. The molecule has 3 aromatic heterocycles. The maximum Gasteiger partial charge on any atom is 0.159 e. The number of furan rings is 1. The van der Waals surface area contributed by atoms with Crippen molar-refractivity contribution < 1.29 is 4.42 Å². The van der Waals surface area contributed by atoms with Gasteiger partial charge < -0.3 is 14.2 Å². The number of anilines is 6. The largest absolute Gasteiger partial charge is 0.454 e. The molecular formula is C121H76N2OS2. The van der Waals surface area contributed by atoms with Crippen LogP contribution >= 0.6 is 22.7 Å². The second-order valence-corrected chi connectivity index (χ2v) is 35.9. The van der Waals surface area contributed by atoms with E-state index in [0.717, 1.165) is 56.1 Å². The summed E-state index contributed by atoms with van der Waals surface area (Å²) in [6.07, 6.45) is 0. The lowest BCUT2D eigenvalue weighted by Gasteiger charge is -2.35. The zero-order valence-corrected chi connectivity index (χ0v) is 70.1. The van der Waals surface area contributed by atoms with Crippen LogP contribution in [0.25, 0.3) is 130 Å². The zero-order valence-electron chi connectivity index (χ0n) is 68.5. The minimum absolute atomic E-state index is 0.383. The lowest BCUT2D eigenvalue weighted by atomic mass is 9.67. The molecule has 3 nitrogen and oxygen atoms in total. The molecule has 126 heavy (non-hydrogen) atoms. The van der Waals surface area contributed by atoms with Crippen molar-refractivity contribution >= 4 is 98.9 Å². The molecule has 0 fully saturated rings. The summed E-state index contributed by atoms with van der Waals surface area (Å²) in [6.45, 7) is 0. The highest BCUT2D eigenvalue weighted by Gasteiger charge is 2.56. The van der Waals surface area contributed by atoms with Crippen molar-refractivity contribution in [3.8, 4) is 87.6 Å². The predicted octanol–water partition coefficient (Wildman–Crippen LogP) is 32.7. The molecule has 5 aliphatic carbocycles. The standard InChI is InChI=1S/C70H45NS.C51H31NOS/c1-4-18-46(19-5-1)47-32-37-52(38-33-47)71(54-41-42-57-55-24-10-14-28-61(55)69(65(57)45-54,50-20-6-2-7-21-50)51-22-8-3-9-23-51)53-39-34-48(35-40-53)49-36-43-64-60(44-49)56-25-11-15-29-62(56)70(64)63-30-16-12-26-58(63)68-67(70)59-27-13-17-31-66(59)72-68;1-2-14-33(15-3-1)52(44-25-13-21-37-36-16-6-10-26-45(36)53-49(37)44)34-30-28-32(29-31-34)35-20-12-24-43-47(35)38-17-4-8-22-41(38)51(43)42-23-9-5-18-39(42)50-48(51)40-19-7-11-27-46(40)54-50/h1-45H;1-31H. The van der Waals surface area contributed by atoms with Gasteiger partial charge in [-0.25, -0.2) is 0 Å². The predicted molar refractivity (Wildman–Crippen MR) is 527 cm³/mol. The number of hydrogen-bond donors (Lipinski definition) is 0. The lowest BCUT2D eigenvalue weighted by molar-refractivity contribution is 0.669. The van der Waals surface area contributed by atoms with Gasteiger partial charge in [-0.05, 0) is 246 Å². The van der Waals surface area contributed by atoms with E-state index in [9.17, 15) is 0 Å². The minimum Gasteiger partial charge on any atom is -0.454 e. The number of nitrogens with zero attached hydrogens (tertiary/aromatic N) is 2. The second-order valence-electron chi connectivity index (χ2n) is 33.8. The van der Waals surface area contributed by atoms with E-state index in [-0.39, 0.29) is 10.8 Å². The Morgan fingerprint density at radius 1 is 0.206 bits per heavy atom. The number of para-hydroxylation sites is 3. The molecule has 0 aliphatic heterocycles. The minimum atomic E-state index is -0.513. The van der Waals surface area contributed by atoms with Gasteiger partial charge in [-0.1, -0.05) is 370 Å². The molecule has 3 heterocycles. The van der Waals surface area contributed by atoms with Gasteiger partial charge in [-0.2, -0.15) is 0 Å². The van der Waals surface area contributed by atoms with Crippen LogP contribution in [0.1, 0.15) is 66.8 Å². The molecule has 0 amide bonds. The number of hydrogen-bond acceptors (Lipinski definition) is 5. The summed E-state index contributed by atoms with van der Waals surface area (Å²) in [6, 6.07) is 170. The van der Waals surface area contributed by atoms with Crippen molar-refractivity contribution in [3.05, 3.63) is 528 Å². The summed E-state index contributed by atoms with van der Waals surface area (Å²) in [5.41, 5.74) is 40.9. The summed E-state index contributed by atoms with van der Waals surface area (Å²) in [5, 5.41) is 4.95. The molecule has 2 atom stereocenters. The van der Waals surface area contributed by atoms with Gasteiger partial charge in [0.1, 0.15) is 5.58 Å². The van der Waals surface area contributed by atoms with Crippen LogP contribution in [0.3, 0.4) is 0 Å². The topological polar surface area (TPSA) is 19.6 Å². The fraction of sp³-hybridized carbons (Fsp3) is 0.0248. The smallest absolute Gasteiger partial charge is 0.159 e. The molecule has 0 saturated carbocycles. The summed E-state index contributed by atoms with van der Waals surface area (Å²) in [7, 11) is 0. The molecular weight excluding hydrogens is 1560 g/mol.